The van der Waals surface area contributed by atoms with Crippen LogP contribution in [0.1, 0.15) is 70.0 Å². The lowest BCUT2D eigenvalue weighted by atomic mass is 9.99. The molecular weight excluding hydrogens is 384 g/mol. The lowest BCUT2D eigenvalue weighted by Crippen LogP contribution is -2.44. The highest BCUT2D eigenvalue weighted by Crippen LogP contribution is 2.37. The summed E-state index contributed by atoms with van der Waals surface area (Å²) < 4.78 is 10.3. The minimum absolute atomic E-state index is 0. The third-order valence-electron chi connectivity index (χ3n) is 5.65. The van der Waals surface area contributed by atoms with E-state index in [1.807, 2.05) is 17.9 Å². The number of alkyl carbamates (subject to hydrolysis) is 1. The van der Waals surface area contributed by atoms with Crippen molar-refractivity contribution in [2.45, 2.75) is 77.5 Å². The molecule has 0 spiro atoms. The Bertz CT molecular complexity index is 714. The van der Waals surface area contributed by atoms with Crippen molar-refractivity contribution in [2.24, 2.45) is 0 Å². The van der Waals surface area contributed by atoms with E-state index in [0.717, 1.165) is 49.7 Å². The fraction of sp³-hybridized carbons (Fsp3) is 0.652. The number of amides is 2. The first kappa shape index (κ1) is 24.0. The lowest BCUT2D eigenvalue weighted by molar-refractivity contribution is -0.149. The third-order valence-corrected chi connectivity index (χ3v) is 5.65. The van der Waals surface area contributed by atoms with Crippen LogP contribution in [0.3, 0.4) is 0 Å². The van der Waals surface area contributed by atoms with Gasteiger partial charge in [-0.2, -0.15) is 0 Å². The Morgan fingerprint density at radius 1 is 1.27 bits per heavy atom. The van der Waals surface area contributed by atoms with Gasteiger partial charge in [0, 0.05) is 19.2 Å². The number of hydrogen-bond acceptors (Lipinski definition) is 5. The van der Waals surface area contributed by atoms with Gasteiger partial charge in [-0.3, -0.25) is 4.79 Å². The molecule has 2 N–H and O–H groups in total. The number of ether oxygens (including phenoxy) is 2. The second-order valence-corrected chi connectivity index (χ2v) is 7.96. The summed E-state index contributed by atoms with van der Waals surface area (Å²) >= 11 is 0. The van der Waals surface area contributed by atoms with Gasteiger partial charge in [-0.25, -0.2) is 4.79 Å². The second kappa shape index (κ2) is 11.2. The van der Waals surface area contributed by atoms with E-state index < -0.39 is 6.09 Å². The van der Waals surface area contributed by atoms with Crippen LogP contribution < -0.4 is 5.32 Å². The zero-order valence-corrected chi connectivity index (χ0v) is 17.4. The van der Waals surface area contributed by atoms with E-state index in [0.29, 0.717) is 19.6 Å². The number of carbonyl (C=O) groups excluding carboxylic acids is 2. The van der Waals surface area contributed by atoms with Crippen LogP contribution in [0.25, 0.3) is 0 Å². The highest BCUT2D eigenvalue weighted by molar-refractivity contribution is 5.82. The number of hydrogen-bond donors (Lipinski definition) is 2. The zero-order valence-electron chi connectivity index (χ0n) is 17.4. The summed E-state index contributed by atoms with van der Waals surface area (Å²) in [7, 11) is 1.34. The molecule has 2 atom stereocenters. The summed E-state index contributed by atoms with van der Waals surface area (Å²) in [5.74, 6) is 0.272. The average Bonchev–Trinajstić information content (AvgIpc) is 3.56. The summed E-state index contributed by atoms with van der Waals surface area (Å²) in [5, 5.41) is 12.9. The lowest BCUT2D eigenvalue weighted by Gasteiger charge is -2.34. The number of nitrogens with zero attached hydrogens (tertiary/aromatic N) is 1. The molecule has 0 unspecified atom stereocenters. The van der Waals surface area contributed by atoms with E-state index in [-0.39, 0.29) is 37.3 Å². The van der Waals surface area contributed by atoms with Crippen molar-refractivity contribution >= 4 is 12.0 Å². The molecular formula is C23H36N2O5. The maximum Gasteiger partial charge on any atom is 0.406 e. The molecule has 3 rings (SSSR count). The number of methoxy groups -OCH3 is 1. The highest BCUT2D eigenvalue weighted by Gasteiger charge is 2.39. The quantitative estimate of drug-likeness (QED) is 0.622. The van der Waals surface area contributed by atoms with Gasteiger partial charge in [0.1, 0.15) is 11.9 Å². The van der Waals surface area contributed by atoms with E-state index in [4.69, 9.17) is 4.74 Å². The number of carbonyl (C=O) groups is 2. The highest BCUT2D eigenvalue weighted by atomic mass is 16.5. The smallest absolute Gasteiger partial charge is 0.406 e. The van der Waals surface area contributed by atoms with Gasteiger partial charge in [0.25, 0.3) is 5.91 Å². The molecule has 1 heterocycles. The number of benzene rings is 1. The Kier molecular flexibility index (Phi) is 8.96. The van der Waals surface area contributed by atoms with E-state index in [9.17, 15) is 14.7 Å². The van der Waals surface area contributed by atoms with Crippen molar-refractivity contribution in [3.05, 3.63) is 29.3 Å². The van der Waals surface area contributed by atoms with Crippen LogP contribution >= 0.6 is 0 Å². The van der Waals surface area contributed by atoms with Gasteiger partial charge in [0.15, 0.2) is 0 Å². The summed E-state index contributed by atoms with van der Waals surface area (Å²) in [5.41, 5.74) is 1.91. The number of rotatable bonds is 8. The van der Waals surface area contributed by atoms with Crippen LogP contribution in [0, 0.1) is 0 Å². The molecule has 0 radical (unpaired) electrons. The molecule has 1 aromatic carbocycles. The predicted molar refractivity (Wildman–Crippen MR) is 115 cm³/mol. The Balaban J connectivity index is 0.00000320. The molecule has 168 valence electrons. The molecule has 2 aliphatic rings. The zero-order chi connectivity index (χ0) is 20.8. The van der Waals surface area contributed by atoms with Gasteiger partial charge in [-0.05, 0) is 75.1 Å². The van der Waals surface area contributed by atoms with E-state index >= 15 is 0 Å². The van der Waals surface area contributed by atoms with Gasteiger partial charge in [-0.15, -0.1) is 0 Å². The van der Waals surface area contributed by atoms with E-state index in [2.05, 4.69) is 10.1 Å². The SMILES string of the molecule is C.COC(=O)NCCCc1cc(O)cc([C@@H](C)N(C(=O)[C@H]2CCCCO2)C2CC2)c1. The first-order valence-corrected chi connectivity index (χ1v) is 10.6. The number of aryl methyl sites for hydroxylation is 1. The molecule has 7 nitrogen and oxygen atoms in total. The topological polar surface area (TPSA) is 88.1 Å². The van der Waals surface area contributed by atoms with Crippen molar-refractivity contribution < 1.29 is 24.2 Å². The van der Waals surface area contributed by atoms with Crippen LogP contribution in [-0.4, -0.2) is 54.4 Å². The maximum absolute atomic E-state index is 13.2. The Hall–Kier alpha value is -2.28. The summed E-state index contributed by atoms with van der Waals surface area (Å²) in [6, 6.07) is 5.66. The molecule has 2 amide bonds. The molecule has 1 saturated carbocycles. The predicted octanol–water partition coefficient (Wildman–Crippen LogP) is 3.94. The van der Waals surface area contributed by atoms with E-state index in [1.54, 1.807) is 12.1 Å². The fourth-order valence-corrected chi connectivity index (χ4v) is 3.94. The van der Waals surface area contributed by atoms with Crippen molar-refractivity contribution in [1.29, 1.82) is 0 Å². The van der Waals surface area contributed by atoms with Gasteiger partial charge in [0.2, 0.25) is 0 Å². The number of phenols is 1. The van der Waals surface area contributed by atoms with Crippen LogP contribution in [0.4, 0.5) is 4.79 Å². The minimum atomic E-state index is -0.446. The van der Waals surface area contributed by atoms with Crippen LogP contribution in [0.5, 0.6) is 5.75 Å². The van der Waals surface area contributed by atoms with Gasteiger partial charge >= 0.3 is 6.09 Å². The van der Waals surface area contributed by atoms with Crippen molar-refractivity contribution in [3.63, 3.8) is 0 Å². The van der Waals surface area contributed by atoms with Crippen molar-refractivity contribution in [2.75, 3.05) is 20.3 Å². The Morgan fingerprint density at radius 3 is 2.67 bits per heavy atom. The molecule has 7 heteroatoms. The second-order valence-electron chi connectivity index (χ2n) is 7.96. The van der Waals surface area contributed by atoms with Crippen LogP contribution in [-0.2, 0) is 20.7 Å². The Labute approximate surface area is 179 Å². The molecule has 0 aromatic heterocycles. The molecule has 30 heavy (non-hydrogen) atoms. The summed E-state index contributed by atoms with van der Waals surface area (Å²) in [4.78, 5) is 26.3. The molecule has 1 aromatic rings. The summed E-state index contributed by atoms with van der Waals surface area (Å²) in [6.07, 6.45) is 5.53. The average molecular weight is 421 g/mol. The van der Waals surface area contributed by atoms with Gasteiger partial charge in [0.05, 0.1) is 13.2 Å². The molecule has 0 bridgehead atoms. The molecule has 1 aliphatic carbocycles. The maximum atomic E-state index is 13.2. The largest absolute Gasteiger partial charge is 0.508 e. The molecule has 2 fully saturated rings. The van der Waals surface area contributed by atoms with Crippen LogP contribution in [0.15, 0.2) is 18.2 Å². The van der Waals surface area contributed by atoms with Gasteiger partial charge < -0.3 is 24.8 Å². The minimum Gasteiger partial charge on any atom is -0.508 e. The molecule has 1 aliphatic heterocycles. The summed E-state index contributed by atoms with van der Waals surface area (Å²) in [6.45, 7) is 3.18. The van der Waals surface area contributed by atoms with E-state index in [1.165, 1.54) is 7.11 Å². The third kappa shape index (κ3) is 6.36. The molecule has 1 saturated heterocycles. The first-order chi connectivity index (χ1) is 14.0. The number of phenolic OH excluding ortho intramolecular Hbond substituents is 1. The Morgan fingerprint density at radius 2 is 2.03 bits per heavy atom. The van der Waals surface area contributed by atoms with Crippen molar-refractivity contribution in [1.82, 2.24) is 10.2 Å². The normalized spacial score (nSPS) is 19.3. The van der Waals surface area contributed by atoms with Gasteiger partial charge in [-0.1, -0.05) is 13.5 Å². The number of nitrogens with one attached hydrogen (secondary N) is 1. The standard InChI is InChI=1S/C22H32N2O5.CH4/c1-15(24(18-8-9-18)21(26)20-7-3-4-11-29-20)17-12-16(13-19(25)14-17)6-5-10-23-22(27)28-2;/h12-15,18,20,25H,3-11H2,1-2H3,(H,23,27);1H4/t15-,20-;/m1./s1. The fourth-order valence-electron chi connectivity index (χ4n) is 3.94. The van der Waals surface area contributed by atoms with Crippen molar-refractivity contribution in [3.8, 4) is 5.75 Å². The number of aromatic hydroxyl groups is 1. The van der Waals surface area contributed by atoms with Crippen LogP contribution in [0.2, 0.25) is 0 Å². The first-order valence-electron chi connectivity index (χ1n) is 10.6. The monoisotopic (exact) mass is 420 g/mol.